The van der Waals surface area contributed by atoms with E-state index < -0.39 is 161 Å². The van der Waals surface area contributed by atoms with Crippen molar-refractivity contribution in [2.75, 3.05) is 62.9 Å². The number of amides is 8. The second-order valence-corrected chi connectivity index (χ2v) is 30.0. The molecule has 23 heteroatoms. The van der Waals surface area contributed by atoms with Crippen LogP contribution in [-0.4, -0.2) is 231 Å². The molecule has 1 fully saturated rings. The van der Waals surface area contributed by atoms with Crippen LogP contribution in [0.25, 0.3) is 0 Å². The zero-order valence-electron chi connectivity index (χ0n) is 61.8. The van der Waals surface area contributed by atoms with Crippen LogP contribution in [0.15, 0.2) is 18.3 Å². The molecule has 0 aliphatic carbocycles. The van der Waals surface area contributed by atoms with E-state index in [1.165, 1.54) is 97.5 Å². The predicted octanol–water partition coefficient (Wildman–Crippen LogP) is 7.53. The van der Waals surface area contributed by atoms with Crippen LogP contribution in [0.2, 0.25) is 5.02 Å². The fourth-order valence-corrected chi connectivity index (χ4v) is 12.8. The van der Waals surface area contributed by atoms with Crippen LogP contribution in [-0.2, 0) is 59.3 Å². The molecular weight excluding hydrogens is 1220 g/mol. The van der Waals surface area contributed by atoms with E-state index in [2.05, 4.69) is 10.3 Å². The fourth-order valence-electron chi connectivity index (χ4n) is 12.7. The Hall–Kier alpha value is -5.87. The van der Waals surface area contributed by atoms with E-state index >= 15 is 19.2 Å². The second-order valence-electron chi connectivity index (χ2n) is 29.6. The molecule has 1 aliphatic heterocycles. The average molecular weight is 1340 g/mol. The van der Waals surface area contributed by atoms with Gasteiger partial charge in [-0.3, -0.25) is 57.7 Å². The van der Waals surface area contributed by atoms with Gasteiger partial charge in [0.05, 0.1) is 28.9 Å². The Morgan fingerprint density at radius 1 is 0.532 bits per heavy atom. The lowest BCUT2D eigenvalue weighted by atomic mass is 9.84. The Bertz CT molecular complexity index is 2720. The molecule has 0 unspecified atom stereocenters. The van der Waals surface area contributed by atoms with Gasteiger partial charge in [-0.15, -0.1) is 0 Å². The Morgan fingerprint density at radius 3 is 1.44 bits per heavy atom. The molecule has 0 saturated carbocycles. The van der Waals surface area contributed by atoms with Gasteiger partial charge < -0.3 is 49.6 Å². The van der Waals surface area contributed by atoms with Gasteiger partial charge in [0.15, 0.2) is 17.3 Å². The minimum Gasteiger partial charge on any atom is -0.390 e. The molecule has 2 heterocycles. The normalized spacial score (nSPS) is 26.5. The number of hydrogen-bond donors (Lipinski definition) is 2. The number of carbonyl (C=O) groups is 11. The molecule has 13 atom stereocenters. The molecule has 1 aromatic heterocycles. The van der Waals surface area contributed by atoms with Crippen molar-refractivity contribution >= 4 is 76.2 Å². The van der Waals surface area contributed by atoms with E-state index in [9.17, 15) is 38.7 Å². The topological polar surface area (TPSA) is 259 Å². The van der Waals surface area contributed by atoms with E-state index in [1.807, 2.05) is 87.3 Å². The van der Waals surface area contributed by atoms with Gasteiger partial charge in [-0.05, 0) is 120 Å². The number of Topliss-reactive ketones (excluding diaryl/α,β-unsaturated/α-hetero) is 3. The number of carbonyl (C=O) groups excluding carboxylic acids is 11. The molecule has 1 aliphatic rings. The van der Waals surface area contributed by atoms with Crippen molar-refractivity contribution in [3.63, 3.8) is 0 Å². The summed E-state index contributed by atoms with van der Waals surface area (Å²) in [5.41, 5.74) is 0.757. The van der Waals surface area contributed by atoms with Gasteiger partial charge in [0, 0.05) is 99.1 Å². The van der Waals surface area contributed by atoms with Gasteiger partial charge in [-0.2, -0.15) is 0 Å². The molecule has 22 nitrogen and oxygen atoms in total. The van der Waals surface area contributed by atoms with Crippen molar-refractivity contribution in [2.24, 2.45) is 59.2 Å². The molecule has 2 rings (SSSR count). The molecule has 0 aromatic carbocycles. The first kappa shape index (κ1) is 84.2. The summed E-state index contributed by atoms with van der Waals surface area (Å²) in [5.74, 6) is -11.1. The number of halogens is 1. The van der Waals surface area contributed by atoms with E-state index in [0.717, 1.165) is 5.69 Å². The number of pyridine rings is 1. The minimum atomic E-state index is -1.55. The summed E-state index contributed by atoms with van der Waals surface area (Å²) in [6, 6.07) is -5.90. The standard InChI is InChI=1S/C71H121ClN10O12/c1-26-50-36-60(85)62(63(86)46(14)29-30-75(18)39-52-28-27-51(72)38-73-52)82(25)71(94)61(45(12)13)81(24)70(93)57(34-43(8)9)80(23)69(92)56(33-42(6)7)79(22)65(88)48(16)74-64(87)47(15)35-58(83)54(31-40(2)3)78(21)68(91)53(44(10)11)37-59(84)55(32-41(4)5)77(20)66(89)49(17)76(19)67(50)90/h27-28,38,40-50,53-57,61-63,86H,26,29-37,39H2,1-25H3,(H,74,87)/t46-,47+,48+,49-,50+,53-,54-,55+,56-,57-,61-,62+,63-/m1/s1. The van der Waals surface area contributed by atoms with Gasteiger partial charge in [-0.25, -0.2) is 0 Å². The summed E-state index contributed by atoms with van der Waals surface area (Å²) >= 11 is 6.10. The summed E-state index contributed by atoms with van der Waals surface area (Å²) < 4.78 is 0. The largest absolute Gasteiger partial charge is 0.390 e. The zero-order chi connectivity index (χ0) is 72.4. The van der Waals surface area contributed by atoms with Crippen molar-refractivity contribution in [3.05, 3.63) is 29.0 Å². The summed E-state index contributed by atoms with van der Waals surface area (Å²) in [7, 11) is 12.2. The summed E-state index contributed by atoms with van der Waals surface area (Å²) in [6.45, 7) is 31.2. The SMILES string of the molecule is CC[C@H]1CC(=O)[C@@H]([C@H](O)[C@H](C)CCN(C)Cc2ccc(Cl)cn2)N(C)C(=O)[C@@H](C(C)C)N(C)C(=O)[C@@H](CC(C)C)N(C)C(=O)[C@@H](CC(C)C)N(C)C(=O)[C@H](C)NC(=O)[C@@H](C)CC(=O)[C@@H](CC(C)C)N(C)C(=O)[C@@H](C(C)C)CC(=O)[C@H](CC(C)C)N(C)C(=O)[C@@H](C)N(C)C1=O. The highest BCUT2D eigenvalue weighted by atomic mass is 35.5. The van der Waals surface area contributed by atoms with Crippen LogP contribution < -0.4 is 5.32 Å². The first-order valence-electron chi connectivity index (χ1n) is 34.2. The van der Waals surface area contributed by atoms with E-state index in [1.54, 1.807) is 46.9 Å². The first-order valence-corrected chi connectivity index (χ1v) is 34.5. The Balaban J connectivity index is 3.01. The summed E-state index contributed by atoms with van der Waals surface area (Å²) in [5, 5.41) is 15.8. The van der Waals surface area contributed by atoms with Crippen molar-refractivity contribution in [1.29, 1.82) is 0 Å². The molecule has 8 amide bonds. The number of hydrogen-bond acceptors (Lipinski definition) is 14. The van der Waals surface area contributed by atoms with Gasteiger partial charge >= 0.3 is 0 Å². The van der Waals surface area contributed by atoms with Gasteiger partial charge in [0.1, 0.15) is 36.3 Å². The smallest absolute Gasteiger partial charge is 0.246 e. The maximum Gasteiger partial charge on any atom is 0.246 e. The number of aliphatic hydroxyl groups excluding tert-OH is 1. The van der Waals surface area contributed by atoms with Crippen LogP contribution in [0.3, 0.4) is 0 Å². The number of nitrogens with one attached hydrogen (secondary N) is 1. The molecule has 534 valence electrons. The molecule has 1 aromatic rings. The van der Waals surface area contributed by atoms with Crippen LogP contribution in [0, 0.1) is 59.2 Å². The Morgan fingerprint density at radius 2 is 0.979 bits per heavy atom. The van der Waals surface area contributed by atoms with Gasteiger partial charge in [0.2, 0.25) is 47.3 Å². The summed E-state index contributed by atoms with van der Waals surface area (Å²) in [4.78, 5) is 179. The average Bonchev–Trinajstić information content (AvgIpc) is 0.847. The maximum atomic E-state index is 15.5. The number of likely N-dealkylation sites (N-methyl/N-ethyl adjacent to an activating group) is 7. The van der Waals surface area contributed by atoms with Crippen molar-refractivity contribution < 1.29 is 57.8 Å². The first-order chi connectivity index (χ1) is 43.4. The van der Waals surface area contributed by atoms with Crippen molar-refractivity contribution in [2.45, 2.75) is 236 Å². The highest BCUT2D eigenvalue weighted by Gasteiger charge is 2.46. The molecule has 2 N–H and O–H groups in total. The van der Waals surface area contributed by atoms with Crippen LogP contribution in [0.4, 0.5) is 0 Å². The fraction of sp³-hybridized carbons (Fsp3) is 0.775. The number of ketones is 3. The molecule has 0 bridgehead atoms. The predicted molar refractivity (Wildman–Crippen MR) is 367 cm³/mol. The second kappa shape index (κ2) is 38.2. The molecule has 0 spiro atoms. The number of rotatable bonds is 18. The molecule has 0 radical (unpaired) electrons. The molecular formula is C71H121ClN10O12. The number of aliphatic hydroxyl groups is 1. The van der Waals surface area contributed by atoms with Crippen molar-refractivity contribution in [1.82, 2.24) is 49.5 Å². The monoisotopic (exact) mass is 1340 g/mol. The van der Waals surface area contributed by atoms with Gasteiger partial charge in [-0.1, -0.05) is 115 Å². The van der Waals surface area contributed by atoms with Crippen LogP contribution >= 0.6 is 11.6 Å². The summed E-state index contributed by atoms with van der Waals surface area (Å²) in [6.07, 6.45) is 0.290. The van der Waals surface area contributed by atoms with E-state index in [0.29, 0.717) is 24.5 Å². The molecule has 1 saturated heterocycles. The molecule has 94 heavy (non-hydrogen) atoms. The number of nitrogens with zero attached hydrogens (tertiary/aromatic N) is 9. The van der Waals surface area contributed by atoms with Crippen molar-refractivity contribution in [3.8, 4) is 0 Å². The maximum absolute atomic E-state index is 15.5. The number of aromatic nitrogens is 1. The van der Waals surface area contributed by atoms with Crippen LogP contribution in [0.1, 0.15) is 181 Å². The van der Waals surface area contributed by atoms with Crippen LogP contribution in [0.5, 0.6) is 0 Å². The third kappa shape index (κ3) is 23.5. The third-order valence-corrected chi connectivity index (χ3v) is 19.2. The lowest BCUT2D eigenvalue weighted by molar-refractivity contribution is -0.157. The Kier molecular flexibility index (Phi) is 34.2. The lowest BCUT2D eigenvalue weighted by Gasteiger charge is -2.42. The quantitative estimate of drug-likeness (QED) is 0.144. The zero-order valence-corrected chi connectivity index (χ0v) is 62.6. The lowest BCUT2D eigenvalue weighted by Crippen LogP contribution is -2.62. The van der Waals surface area contributed by atoms with Gasteiger partial charge in [0.25, 0.3) is 0 Å². The third-order valence-electron chi connectivity index (χ3n) is 19.0. The van der Waals surface area contributed by atoms with E-state index in [4.69, 9.17) is 11.6 Å². The van der Waals surface area contributed by atoms with E-state index in [-0.39, 0.29) is 68.6 Å². The Labute approximate surface area is 568 Å². The minimum absolute atomic E-state index is 0.0764. The highest BCUT2D eigenvalue weighted by molar-refractivity contribution is 6.30. The highest BCUT2D eigenvalue weighted by Crippen LogP contribution is 2.30.